The van der Waals surface area contributed by atoms with Crippen molar-refractivity contribution in [2.75, 3.05) is 47.5 Å². The summed E-state index contributed by atoms with van der Waals surface area (Å²) in [5, 5.41) is 19.8. The van der Waals surface area contributed by atoms with E-state index in [9.17, 15) is 29.3 Å². The molecule has 1 unspecified atom stereocenters. The number of allylic oxidation sites excluding steroid dienone is 8. The first kappa shape index (κ1) is 41.4. The molecule has 44 heavy (non-hydrogen) atoms. The Hall–Kier alpha value is -2.63. The summed E-state index contributed by atoms with van der Waals surface area (Å²) in [4.78, 5) is 33.3. The highest BCUT2D eigenvalue weighted by atomic mass is 31.2. The number of aliphatic hydroxyl groups is 2. The van der Waals surface area contributed by atoms with E-state index in [4.69, 9.17) is 18.5 Å². The number of ether oxygens (including phenoxy) is 2. The quantitative estimate of drug-likeness (QED) is 0.0444. The smallest absolute Gasteiger partial charge is 0.462 e. The van der Waals surface area contributed by atoms with E-state index in [0.717, 1.165) is 6.42 Å². The van der Waals surface area contributed by atoms with Gasteiger partial charge in [-0.1, -0.05) is 79.8 Å². The van der Waals surface area contributed by atoms with Crippen LogP contribution in [0, 0.1) is 0 Å². The van der Waals surface area contributed by atoms with Crippen molar-refractivity contribution in [1.82, 2.24) is 0 Å². The molecule has 0 aromatic rings. The fourth-order valence-electron chi connectivity index (χ4n) is 3.11. The van der Waals surface area contributed by atoms with Crippen LogP contribution in [0.4, 0.5) is 0 Å². The number of aliphatic hydroxyl groups excluding tert-OH is 2. The summed E-state index contributed by atoms with van der Waals surface area (Å²) in [7, 11) is 1.33. The van der Waals surface area contributed by atoms with Gasteiger partial charge >= 0.3 is 19.8 Å². The largest absolute Gasteiger partial charge is 0.472 e. The molecule has 11 nitrogen and oxygen atoms in total. The van der Waals surface area contributed by atoms with Crippen LogP contribution in [0.3, 0.4) is 0 Å². The fourth-order valence-corrected chi connectivity index (χ4v) is 3.86. The first-order valence-corrected chi connectivity index (χ1v) is 16.3. The summed E-state index contributed by atoms with van der Waals surface area (Å²) < 4.78 is 32.7. The molecule has 0 radical (unpaired) electrons. The number of hydrogen-bond donors (Lipinski definition) is 3. The fraction of sp³-hybridized carbons (Fsp3) is 0.562. The van der Waals surface area contributed by atoms with Gasteiger partial charge in [-0.2, -0.15) is 0 Å². The van der Waals surface area contributed by atoms with Gasteiger partial charge in [0.2, 0.25) is 0 Å². The number of hydrogen-bond acceptors (Lipinski definition) is 9. The van der Waals surface area contributed by atoms with Crippen LogP contribution >= 0.6 is 7.82 Å². The van der Waals surface area contributed by atoms with E-state index in [1.54, 1.807) is 36.5 Å². The number of rotatable bonds is 24. The van der Waals surface area contributed by atoms with E-state index in [-0.39, 0.29) is 19.6 Å². The van der Waals surface area contributed by atoms with Gasteiger partial charge in [0.1, 0.15) is 19.8 Å². The van der Waals surface area contributed by atoms with E-state index < -0.39 is 44.7 Å². The predicted octanol–water partition coefficient (Wildman–Crippen LogP) is 4.72. The predicted molar refractivity (Wildman–Crippen MR) is 171 cm³/mol. The van der Waals surface area contributed by atoms with E-state index >= 15 is 0 Å². The number of likely N-dealkylation sites (N-methyl/N-ethyl adjacent to an activating group) is 1. The Kier molecular flexibility index (Phi) is 23.2. The topological polar surface area (TPSA) is 149 Å². The highest BCUT2D eigenvalue weighted by Gasteiger charge is 2.26. The van der Waals surface area contributed by atoms with Gasteiger partial charge in [-0.15, -0.1) is 0 Å². The van der Waals surface area contributed by atoms with E-state index in [0.29, 0.717) is 36.7 Å². The summed E-state index contributed by atoms with van der Waals surface area (Å²) >= 11 is 0. The van der Waals surface area contributed by atoms with Crippen LogP contribution in [0.2, 0.25) is 0 Å². The lowest BCUT2D eigenvalue weighted by atomic mass is 10.2. The van der Waals surface area contributed by atoms with Gasteiger partial charge in [-0.3, -0.25) is 18.6 Å². The minimum absolute atomic E-state index is 0.00850. The van der Waals surface area contributed by atoms with Crippen LogP contribution in [0.5, 0.6) is 0 Å². The zero-order valence-electron chi connectivity index (χ0n) is 26.8. The van der Waals surface area contributed by atoms with Crippen LogP contribution in [-0.4, -0.2) is 97.3 Å². The zero-order valence-corrected chi connectivity index (χ0v) is 27.7. The van der Waals surface area contributed by atoms with Gasteiger partial charge < -0.3 is 29.1 Å². The molecule has 12 heteroatoms. The zero-order chi connectivity index (χ0) is 33.3. The SMILES string of the molecule is CC/C=C\C[C@H](O)/C=C/C=C\C=C\[C@H](O)C/C=C\C/C=C\CCC(=O)O[C@H](COC(C)=O)COP(=O)(O)OCC[N+](C)(C)C. The third kappa shape index (κ3) is 28.2. The average Bonchev–Trinajstić information content (AvgIpc) is 2.92. The van der Waals surface area contributed by atoms with Gasteiger partial charge in [0, 0.05) is 13.3 Å². The Morgan fingerprint density at radius 2 is 1.43 bits per heavy atom. The molecule has 0 aliphatic carbocycles. The molecule has 0 aromatic carbocycles. The van der Waals surface area contributed by atoms with Crippen LogP contribution < -0.4 is 0 Å². The molecule has 0 amide bonds. The Balaban J connectivity index is 4.38. The molecule has 0 saturated carbocycles. The number of quaternary nitrogens is 1. The number of nitrogens with zero attached hydrogens (tertiary/aromatic N) is 1. The number of phosphoric ester groups is 1. The first-order chi connectivity index (χ1) is 20.7. The third-order valence-electron chi connectivity index (χ3n) is 5.49. The molecule has 0 aliphatic heterocycles. The molecule has 3 N–H and O–H groups in total. The Morgan fingerprint density at radius 1 is 0.841 bits per heavy atom. The Bertz CT molecular complexity index is 1030. The van der Waals surface area contributed by atoms with E-state index in [1.165, 1.54) is 6.92 Å². The van der Waals surface area contributed by atoms with Crippen LogP contribution in [0.1, 0.15) is 52.4 Å². The maximum atomic E-state index is 12.3. The molecule has 0 fully saturated rings. The second-order valence-electron chi connectivity index (χ2n) is 10.9. The lowest BCUT2D eigenvalue weighted by molar-refractivity contribution is -0.870. The summed E-state index contributed by atoms with van der Waals surface area (Å²) in [6.07, 6.45) is 22.8. The lowest BCUT2D eigenvalue weighted by Gasteiger charge is -2.24. The van der Waals surface area contributed by atoms with Crippen molar-refractivity contribution in [3.8, 4) is 0 Å². The van der Waals surface area contributed by atoms with Crippen molar-refractivity contribution in [2.24, 2.45) is 0 Å². The monoisotopic (exact) mass is 642 g/mol. The minimum Gasteiger partial charge on any atom is -0.462 e. The molecule has 0 spiro atoms. The van der Waals surface area contributed by atoms with Crippen molar-refractivity contribution in [3.63, 3.8) is 0 Å². The molecule has 250 valence electrons. The second-order valence-corrected chi connectivity index (χ2v) is 12.3. The van der Waals surface area contributed by atoms with Crippen molar-refractivity contribution >= 4 is 19.8 Å². The highest BCUT2D eigenvalue weighted by molar-refractivity contribution is 7.47. The van der Waals surface area contributed by atoms with Gasteiger partial charge in [-0.25, -0.2) is 4.57 Å². The maximum Gasteiger partial charge on any atom is 0.472 e. The number of carbonyl (C=O) groups is 2. The van der Waals surface area contributed by atoms with Gasteiger partial charge in [0.15, 0.2) is 6.10 Å². The van der Waals surface area contributed by atoms with Crippen molar-refractivity contribution in [3.05, 3.63) is 72.9 Å². The summed E-state index contributed by atoms with van der Waals surface area (Å²) in [5.74, 6) is -1.17. The summed E-state index contributed by atoms with van der Waals surface area (Å²) in [5.41, 5.74) is 0. The molecule has 0 rings (SSSR count). The molecular weight excluding hydrogens is 589 g/mol. The normalized spacial score (nSPS) is 16.5. The van der Waals surface area contributed by atoms with E-state index in [1.807, 2.05) is 64.5 Å². The number of carbonyl (C=O) groups excluding carboxylic acids is 2. The molecule has 0 saturated heterocycles. The minimum atomic E-state index is -4.38. The molecule has 0 aromatic heterocycles. The van der Waals surface area contributed by atoms with Crippen LogP contribution in [0.15, 0.2) is 72.9 Å². The average molecular weight is 643 g/mol. The molecule has 0 bridgehead atoms. The maximum absolute atomic E-state index is 12.3. The molecular formula is C32H53NO10P+. The molecule has 4 atom stereocenters. The highest BCUT2D eigenvalue weighted by Crippen LogP contribution is 2.43. The standard InChI is InChI=1S/C32H52NO10P/c1-6-7-14-19-29(35)21-16-12-13-17-22-30(36)20-15-10-8-9-11-18-23-32(37)43-31(26-40-28(2)34)27-42-44(38,39)41-25-24-33(3,4)5/h7,9-17,21-22,29-31,35-36H,6,8,18-20,23-27H2,1-5H3/p+1/b11-9-,13-12-,14-7-,15-10-,21-16+,22-17+/t29-,30+,31+/m0/s1. The summed E-state index contributed by atoms with van der Waals surface area (Å²) in [6, 6.07) is 0. The van der Waals surface area contributed by atoms with E-state index in [2.05, 4.69) is 0 Å². The first-order valence-electron chi connectivity index (χ1n) is 14.8. The van der Waals surface area contributed by atoms with Gasteiger partial charge in [0.05, 0.1) is 40.0 Å². The molecule has 0 heterocycles. The summed E-state index contributed by atoms with van der Waals surface area (Å²) in [6.45, 7) is 2.90. The Morgan fingerprint density at radius 3 is 2.00 bits per heavy atom. The number of esters is 2. The second kappa shape index (κ2) is 24.7. The van der Waals surface area contributed by atoms with Gasteiger partial charge in [-0.05, 0) is 32.1 Å². The van der Waals surface area contributed by atoms with Crippen LogP contribution in [0.25, 0.3) is 0 Å². The third-order valence-corrected chi connectivity index (χ3v) is 6.47. The van der Waals surface area contributed by atoms with Gasteiger partial charge in [0.25, 0.3) is 0 Å². The van der Waals surface area contributed by atoms with Crippen molar-refractivity contribution in [1.29, 1.82) is 0 Å². The lowest BCUT2D eigenvalue weighted by Crippen LogP contribution is -2.37. The molecule has 0 aliphatic rings. The number of phosphoric acid groups is 1. The van der Waals surface area contributed by atoms with Crippen molar-refractivity contribution in [2.45, 2.75) is 70.7 Å². The Labute approximate surface area is 263 Å². The van der Waals surface area contributed by atoms with Crippen LogP contribution in [-0.2, 0) is 32.7 Å². The van der Waals surface area contributed by atoms with Crippen molar-refractivity contribution < 1.29 is 52.3 Å².